The van der Waals surface area contributed by atoms with Gasteiger partial charge in [0.15, 0.2) is 0 Å². The largest absolute Gasteiger partial charge is 0.496 e. The van der Waals surface area contributed by atoms with Gasteiger partial charge in [-0.2, -0.15) is 0 Å². The molecule has 1 atom stereocenters. The summed E-state index contributed by atoms with van der Waals surface area (Å²) >= 11 is 7.44. The third-order valence-electron chi connectivity index (χ3n) is 7.43. The van der Waals surface area contributed by atoms with Gasteiger partial charge in [-0.25, -0.2) is 8.78 Å². The van der Waals surface area contributed by atoms with Crippen molar-refractivity contribution in [2.45, 2.75) is 50.4 Å². The summed E-state index contributed by atoms with van der Waals surface area (Å²) < 4.78 is 46.5. The van der Waals surface area contributed by atoms with Gasteiger partial charge in [-0.1, -0.05) is 61.2 Å². The molecule has 40 heavy (non-hydrogen) atoms. The number of amides is 1. The van der Waals surface area contributed by atoms with Crippen LogP contribution in [-0.2, 0) is 23.1 Å². The van der Waals surface area contributed by atoms with Gasteiger partial charge >= 0.3 is 0 Å². The molecule has 9 heteroatoms. The van der Waals surface area contributed by atoms with E-state index in [4.69, 9.17) is 16.3 Å². The zero-order valence-corrected chi connectivity index (χ0v) is 24.7. The second kappa shape index (κ2) is 12.4. The lowest BCUT2D eigenvalue weighted by molar-refractivity contribution is 0.0618. The molecule has 1 amide bonds. The fourth-order valence-corrected chi connectivity index (χ4v) is 7.59. The molecular weight excluding hydrogens is 572 g/mol. The Labute approximate surface area is 244 Å². The van der Waals surface area contributed by atoms with Crippen molar-refractivity contribution < 1.29 is 22.5 Å². The maximum absolute atomic E-state index is 14.6. The van der Waals surface area contributed by atoms with Crippen LogP contribution in [0.25, 0.3) is 21.2 Å². The van der Waals surface area contributed by atoms with Gasteiger partial charge in [-0.15, -0.1) is 11.3 Å². The lowest BCUT2D eigenvalue weighted by Crippen LogP contribution is -2.40. The monoisotopic (exact) mass is 601 g/mol. The van der Waals surface area contributed by atoms with Gasteiger partial charge in [0.05, 0.1) is 22.2 Å². The summed E-state index contributed by atoms with van der Waals surface area (Å²) in [4.78, 5) is 16.0. The Hall–Kier alpha value is -2.81. The van der Waals surface area contributed by atoms with Crippen molar-refractivity contribution in [1.29, 1.82) is 0 Å². The van der Waals surface area contributed by atoms with Crippen molar-refractivity contribution in [3.8, 4) is 16.9 Å². The Morgan fingerprint density at radius 2 is 1.70 bits per heavy atom. The van der Waals surface area contributed by atoms with E-state index in [9.17, 15) is 17.8 Å². The topological polar surface area (TPSA) is 46.6 Å². The molecule has 4 nitrogen and oxygen atoms in total. The predicted octanol–water partition coefficient (Wildman–Crippen LogP) is 8.36. The minimum atomic E-state index is -0.920. The van der Waals surface area contributed by atoms with Crippen LogP contribution in [-0.4, -0.2) is 34.4 Å². The molecule has 210 valence electrons. The van der Waals surface area contributed by atoms with Crippen LogP contribution in [0.5, 0.6) is 5.75 Å². The first kappa shape index (κ1) is 28.7. The lowest BCUT2D eigenvalue weighted by atomic mass is 9.93. The normalized spacial score (nSPS) is 14.8. The quantitative estimate of drug-likeness (QED) is 0.204. The minimum Gasteiger partial charge on any atom is -0.496 e. The molecule has 0 N–H and O–H groups in total. The zero-order valence-electron chi connectivity index (χ0n) is 22.3. The van der Waals surface area contributed by atoms with E-state index in [0.29, 0.717) is 11.5 Å². The number of methoxy groups -OCH3 is 1. The standard InChI is InChI=1S/C31H30ClF2NO3S2/c1-38-26-15-12-21(20-10-8-19(9-11-20)18-40(2)37)16-22(26)17-35(23-6-4-3-5-7-23)31(36)30-28(32)27-24(33)13-14-25(34)29(27)39-30/h8-16,23H,3-7,17-18H2,1-2H3. The smallest absolute Gasteiger partial charge is 0.266 e. The van der Waals surface area contributed by atoms with Crippen LogP contribution in [0, 0.1) is 11.6 Å². The summed E-state index contributed by atoms with van der Waals surface area (Å²) in [7, 11) is 0.677. The van der Waals surface area contributed by atoms with Gasteiger partial charge in [0.2, 0.25) is 0 Å². The number of halogens is 3. The first-order valence-corrected chi connectivity index (χ1v) is 16.1. The summed E-state index contributed by atoms with van der Waals surface area (Å²) in [5.74, 6) is -0.430. The van der Waals surface area contributed by atoms with Crippen molar-refractivity contribution in [2.24, 2.45) is 0 Å². The second-order valence-corrected chi connectivity index (χ2v) is 13.0. The summed E-state index contributed by atoms with van der Waals surface area (Å²) in [6.45, 7) is 0.267. The van der Waals surface area contributed by atoms with Gasteiger partial charge in [0, 0.05) is 41.0 Å². The second-order valence-electron chi connectivity index (χ2n) is 10.1. The van der Waals surface area contributed by atoms with Crippen molar-refractivity contribution in [2.75, 3.05) is 13.4 Å². The number of carbonyl (C=O) groups excluding carboxylic acids is 1. The van der Waals surface area contributed by atoms with Crippen LogP contribution in [0.2, 0.25) is 5.02 Å². The molecule has 0 radical (unpaired) electrons. The molecule has 0 aliphatic heterocycles. The van der Waals surface area contributed by atoms with E-state index in [1.54, 1.807) is 18.3 Å². The summed E-state index contributed by atoms with van der Waals surface area (Å²) in [5, 5.41) is -0.0924. The number of hydrogen-bond donors (Lipinski definition) is 0. The van der Waals surface area contributed by atoms with E-state index in [2.05, 4.69) is 0 Å². The minimum absolute atomic E-state index is 0.0280. The molecule has 5 rings (SSSR count). The first-order chi connectivity index (χ1) is 19.3. The number of benzene rings is 3. The molecule has 4 aromatic rings. The Kier molecular flexibility index (Phi) is 8.88. The van der Waals surface area contributed by atoms with Crippen LogP contribution in [0.4, 0.5) is 8.78 Å². The van der Waals surface area contributed by atoms with Crippen molar-refractivity contribution in [3.63, 3.8) is 0 Å². The molecule has 1 saturated carbocycles. The Morgan fingerprint density at radius 3 is 2.35 bits per heavy atom. The molecule has 1 aliphatic rings. The highest BCUT2D eigenvalue weighted by atomic mass is 35.5. The highest BCUT2D eigenvalue weighted by molar-refractivity contribution is 7.83. The maximum atomic E-state index is 14.6. The van der Waals surface area contributed by atoms with E-state index in [1.807, 2.05) is 42.5 Å². The van der Waals surface area contributed by atoms with E-state index in [0.717, 1.165) is 77.8 Å². The molecule has 3 aromatic carbocycles. The first-order valence-electron chi connectivity index (χ1n) is 13.2. The average molecular weight is 602 g/mol. The van der Waals surface area contributed by atoms with Gasteiger partial charge in [-0.3, -0.25) is 9.00 Å². The highest BCUT2D eigenvalue weighted by Gasteiger charge is 2.31. The number of carbonyl (C=O) groups is 1. The van der Waals surface area contributed by atoms with Gasteiger partial charge in [-0.05, 0) is 53.8 Å². The summed E-state index contributed by atoms with van der Waals surface area (Å²) in [6.07, 6.45) is 6.49. The van der Waals surface area contributed by atoms with E-state index < -0.39 is 22.4 Å². The molecule has 1 aromatic heterocycles. The maximum Gasteiger partial charge on any atom is 0.266 e. The number of thiophene rings is 1. The van der Waals surface area contributed by atoms with Crippen molar-refractivity contribution in [1.82, 2.24) is 4.90 Å². The molecule has 1 heterocycles. The van der Waals surface area contributed by atoms with Crippen molar-refractivity contribution >= 4 is 49.7 Å². The number of fused-ring (bicyclic) bond motifs is 1. The molecule has 1 fully saturated rings. The SMILES string of the molecule is COc1ccc(-c2ccc(CS(C)=O)cc2)cc1CN(C(=O)c1sc2c(F)ccc(F)c2c1Cl)C1CCCCC1. The third-order valence-corrected chi connectivity index (χ3v) is 9.85. The molecule has 0 spiro atoms. The van der Waals surface area contributed by atoms with Crippen LogP contribution in [0.1, 0.15) is 52.9 Å². The van der Waals surface area contributed by atoms with Gasteiger partial charge < -0.3 is 9.64 Å². The number of ether oxygens (including phenoxy) is 1. The fraction of sp³-hybridized carbons (Fsp3) is 0.323. The van der Waals surface area contributed by atoms with E-state index >= 15 is 0 Å². The molecule has 0 saturated heterocycles. The number of rotatable bonds is 8. The van der Waals surface area contributed by atoms with Crippen LogP contribution in [0.3, 0.4) is 0 Å². The molecule has 0 bridgehead atoms. The van der Waals surface area contributed by atoms with Crippen LogP contribution < -0.4 is 4.74 Å². The lowest BCUT2D eigenvalue weighted by Gasteiger charge is -2.34. The Bertz CT molecular complexity index is 1570. The molecule has 1 unspecified atom stereocenters. The zero-order chi connectivity index (χ0) is 28.4. The van der Waals surface area contributed by atoms with Gasteiger partial charge in [0.1, 0.15) is 22.3 Å². The van der Waals surface area contributed by atoms with Gasteiger partial charge in [0.25, 0.3) is 5.91 Å². The molecular formula is C31H30ClF2NO3S2. The van der Waals surface area contributed by atoms with Crippen molar-refractivity contribution in [3.05, 3.63) is 87.3 Å². The number of hydrogen-bond acceptors (Lipinski definition) is 4. The fourth-order valence-electron chi connectivity index (χ4n) is 5.42. The van der Waals surface area contributed by atoms with E-state index in [-0.39, 0.29) is 38.5 Å². The predicted molar refractivity (Wildman–Crippen MR) is 160 cm³/mol. The average Bonchev–Trinajstić information content (AvgIpc) is 3.32. The summed E-state index contributed by atoms with van der Waals surface area (Å²) in [5.41, 5.74) is 3.77. The van der Waals surface area contributed by atoms with E-state index in [1.165, 1.54) is 0 Å². The van der Waals surface area contributed by atoms with Crippen LogP contribution >= 0.6 is 22.9 Å². The molecule has 1 aliphatic carbocycles. The number of nitrogens with zero attached hydrogens (tertiary/aromatic N) is 1. The Balaban J connectivity index is 1.52. The third kappa shape index (κ3) is 5.94. The highest BCUT2D eigenvalue weighted by Crippen LogP contribution is 2.40. The summed E-state index contributed by atoms with van der Waals surface area (Å²) in [6, 6.07) is 15.9. The Morgan fingerprint density at radius 1 is 1.02 bits per heavy atom. The van der Waals surface area contributed by atoms with Crippen LogP contribution in [0.15, 0.2) is 54.6 Å².